The van der Waals surface area contributed by atoms with E-state index in [1.165, 1.54) is 19.2 Å². The highest BCUT2D eigenvalue weighted by Gasteiger charge is 2.24. The van der Waals surface area contributed by atoms with Crippen molar-refractivity contribution in [1.82, 2.24) is 10.6 Å². The smallest absolute Gasteiger partial charge is 0.407 e. The van der Waals surface area contributed by atoms with Gasteiger partial charge >= 0.3 is 6.09 Å². The molecular formula is C14H20FN3O2. The van der Waals surface area contributed by atoms with Crippen LogP contribution in [0.25, 0.3) is 0 Å². The van der Waals surface area contributed by atoms with E-state index in [0.717, 1.165) is 24.2 Å². The molecule has 1 amide bonds. The van der Waals surface area contributed by atoms with E-state index in [9.17, 15) is 9.18 Å². The van der Waals surface area contributed by atoms with E-state index in [1.807, 2.05) is 13.1 Å². The van der Waals surface area contributed by atoms with Gasteiger partial charge in [-0.2, -0.15) is 0 Å². The number of halogens is 1. The van der Waals surface area contributed by atoms with E-state index in [4.69, 9.17) is 0 Å². The molecule has 2 N–H and O–H groups in total. The Kier molecular flexibility index (Phi) is 4.79. The number of methoxy groups -OCH3 is 1. The van der Waals surface area contributed by atoms with Crippen molar-refractivity contribution in [3.05, 3.63) is 29.6 Å². The first-order chi connectivity index (χ1) is 9.62. The molecule has 2 rings (SSSR count). The van der Waals surface area contributed by atoms with E-state index in [1.54, 1.807) is 0 Å². The molecule has 0 radical (unpaired) electrons. The molecule has 1 saturated heterocycles. The van der Waals surface area contributed by atoms with Gasteiger partial charge in [-0.05, 0) is 37.2 Å². The quantitative estimate of drug-likeness (QED) is 0.878. The molecular weight excluding hydrogens is 261 g/mol. The number of nitrogens with zero attached hydrogens (tertiary/aromatic N) is 1. The van der Waals surface area contributed by atoms with Gasteiger partial charge in [-0.25, -0.2) is 9.18 Å². The average molecular weight is 281 g/mol. The molecule has 1 aliphatic heterocycles. The van der Waals surface area contributed by atoms with E-state index in [2.05, 4.69) is 20.3 Å². The Bertz CT molecular complexity index is 481. The zero-order valence-electron chi connectivity index (χ0n) is 11.8. The minimum atomic E-state index is -0.424. The SMILES string of the molecule is CNCc1cc(F)cc(N2CCC(NC(=O)OC)C2)c1. The Balaban J connectivity index is 2.04. The number of carbonyl (C=O) groups excluding carboxylic acids is 1. The van der Waals surface area contributed by atoms with Crippen molar-refractivity contribution < 1.29 is 13.9 Å². The Labute approximate surface area is 118 Å². The lowest BCUT2D eigenvalue weighted by molar-refractivity contribution is 0.167. The molecule has 5 nitrogen and oxygen atoms in total. The molecule has 0 aliphatic carbocycles. The number of hydrogen-bond acceptors (Lipinski definition) is 4. The van der Waals surface area contributed by atoms with E-state index in [-0.39, 0.29) is 11.9 Å². The second-order valence-electron chi connectivity index (χ2n) is 4.92. The molecule has 1 aliphatic rings. The molecule has 0 saturated carbocycles. The molecule has 20 heavy (non-hydrogen) atoms. The fraction of sp³-hybridized carbons (Fsp3) is 0.500. The lowest BCUT2D eigenvalue weighted by Crippen LogP contribution is -2.37. The minimum Gasteiger partial charge on any atom is -0.453 e. The predicted molar refractivity (Wildman–Crippen MR) is 75.3 cm³/mol. The third-order valence-corrected chi connectivity index (χ3v) is 3.38. The highest BCUT2D eigenvalue weighted by atomic mass is 19.1. The third kappa shape index (κ3) is 3.60. The molecule has 1 heterocycles. The summed E-state index contributed by atoms with van der Waals surface area (Å²) in [5.74, 6) is -0.239. The lowest BCUT2D eigenvalue weighted by Gasteiger charge is -2.20. The van der Waals surface area contributed by atoms with E-state index in [0.29, 0.717) is 13.1 Å². The lowest BCUT2D eigenvalue weighted by atomic mass is 10.2. The summed E-state index contributed by atoms with van der Waals surface area (Å²) in [6.45, 7) is 2.08. The van der Waals surface area contributed by atoms with Gasteiger partial charge in [-0.3, -0.25) is 0 Å². The summed E-state index contributed by atoms with van der Waals surface area (Å²) in [7, 11) is 3.18. The van der Waals surface area contributed by atoms with Gasteiger partial charge in [0.1, 0.15) is 5.82 Å². The normalized spacial score (nSPS) is 18.1. The van der Waals surface area contributed by atoms with Gasteiger partial charge in [-0.15, -0.1) is 0 Å². The summed E-state index contributed by atoms with van der Waals surface area (Å²) in [5.41, 5.74) is 1.76. The number of rotatable bonds is 4. The average Bonchev–Trinajstić information content (AvgIpc) is 2.87. The van der Waals surface area contributed by atoms with Gasteiger partial charge in [-0.1, -0.05) is 0 Å². The second kappa shape index (κ2) is 6.56. The van der Waals surface area contributed by atoms with Crippen molar-refractivity contribution in [3.8, 4) is 0 Å². The number of anilines is 1. The highest BCUT2D eigenvalue weighted by molar-refractivity contribution is 5.67. The summed E-state index contributed by atoms with van der Waals surface area (Å²) < 4.78 is 18.2. The molecule has 1 atom stereocenters. The van der Waals surface area contributed by atoms with Crippen molar-refractivity contribution in [1.29, 1.82) is 0 Å². The monoisotopic (exact) mass is 281 g/mol. The van der Waals surface area contributed by atoms with Gasteiger partial charge in [0.15, 0.2) is 0 Å². The van der Waals surface area contributed by atoms with Crippen LogP contribution >= 0.6 is 0 Å². The molecule has 1 fully saturated rings. The first-order valence-electron chi connectivity index (χ1n) is 6.66. The summed E-state index contributed by atoms with van der Waals surface area (Å²) >= 11 is 0. The van der Waals surface area contributed by atoms with Crippen LogP contribution in [0.5, 0.6) is 0 Å². The van der Waals surface area contributed by atoms with Crippen molar-refractivity contribution >= 4 is 11.8 Å². The molecule has 1 aromatic carbocycles. The second-order valence-corrected chi connectivity index (χ2v) is 4.92. The fourth-order valence-corrected chi connectivity index (χ4v) is 2.46. The van der Waals surface area contributed by atoms with Crippen molar-refractivity contribution in [2.24, 2.45) is 0 Å². The molecule has 1 unspecified atom stereocenters. The van der Waals surface area contributed by atoms with Crippen molar-refractivity contribution in [2.75, 3.05) is 32.1 Å². The van der Waals surface area contributed by atoms with Crippen LogP contribution in [0.3, 0.4) is 0 Å². The molecule has 0 aromatic heterocycles. The van der Waals surface area contributed by atoms with E-state index >= 15 is 0 Å². The van der Waals surface area contributed by atoms with Crippen LogP contribution in [0.4, 0.5) is 14.9 Å². The fourth-order valence-electron chi connectivity index (χ4n) is 2.46. The number of carbonyl (C=O) groups is 1. The van der Waals surface area contributed by atoms with Crippen molar-refractivity contribution in [3.63, 3.8) is 0 Å². The van der Waals surface area contributed by atoms with Crippen LogP contribution < -0.4 is 15.5 Å². The van der Waals surface area contributed by atoms with Crippen molar-refractivity contribution in [2.45, 2.75) is 19.0 Å². The minimum absolute atomic E-state index is 0.0402. The number of alkyl carbamates (subject to hydrolysis) is 1. The highest BCUT2D eigenvalue weighted by Crippen LogP contribution is 2.23. The van der Waals surface area contributed by atoms with Crippen LogP contribution in [0.15, 0.2) is 18.2 Å². The maximum atomic E-state index is 13.6. The van der Waals surface area contributed by atoms with Crippen LogP contribution in [0, 0.1) is 5.82 Å². The van der Waals surface area contributed by atoms with Crippen LogP contribution in [0.2, 0.25) is 0 Å². The van der Waals surface area contributed by atoms with Gasteiger partial charge in [0.25, 0.3) is 0 Å². The van der Waals surface area contributed by atoms with Crippen LogP contribution in [-0.2, 0) is 11.3 Å². The van der Waals surface area contributed by atoms with Gasteiger partial charge in [0.05, 0.1) is 13.2 Å². The molecule has 6 heteroatoms. The maximum absolute atomic E-state index is 13.6. The van der Waals surface area contributed by atoms with Crippen LogP contribution in [-0.4, -0.2) is 39.4 Å². The van der Waals surface area contributed by atoms with E-state index < -0.39 is 6.09 Å². The summed E-state index contributed by atoms with van der Waals surface area (Å²) in [6, 6.07) is 5.07. The first kappa shape index (κ1) is 14.6. The Morgan fingerprint density at radius 2 is 2.30 bits per heavy atom. The number of ether oxygens (including phenoxy) is 1. The topological polar surface area (TPSA) is 53.6 Å². The Hall–Kier alpha value is -1.82. The molecule has 110 valence electrons. The molecule has 0 spiro atoms. The Morgan fingerprint density at radius 1 is 1.50 bits per heavy atom. The largest absolute Gasteiger partial charge is 0.453 e. The third-order valence-electron chi connectivity index (χ3n) is 3.38. The summed E-state index contributed by atoms with van der Waals surface area (Å²) in [6.07, 6.45) is 0.402. The van der Waals surface area contributed by atoms with Gasteiger partial charge in [0, 0.05) is 25.3 Å². The molecule has 1 aromatic rings. The number of hydrogen-bond donors (Lipinski definition) is 2. The number of benzene rings is 1. The number of nitrogens with one attached hydrogen (secondary N) is 2. The zero-order chi connectivity index (χ0) is 14.5. The summed E-state index contributed by atoms with van der Waals surface area (Å²) in [5, 5.41) is 5.79. The Morgan fingerprint density at radius 3 is 3.00 bits per heavy atom. The zero-order valence-corrected chi connectivity index (χ0v) is 11.8. The maximum Gasteiger partial charge on any atom is 0.407 e. The standard InChI is InChI=1S/C14H20FN3O2/c1-16-8-10-5-11(15)7-13(6-10)18-4-3-12(9-18)17-14(19)20-2/h5-7,12,16H,3-4,8-9H2,1-2H3,(H,17,19). The predicted octanol–water partition coefficient (Wildman–Crippen LogP) is 1.48. The first-order valence-corrected chi connectivity index (χ1v) is 6.66. The summed E-state index contributed by atoms with van der Waals surface area (Å²) in [4.78, 5) is 13.3. The van der Waals surface area contributed by atoms with Crippen LogP contribution in [0.1, 0.15) is 12.0 Å². The molecule has 0 bridgehead atoms. The van der Waals surface area contributed by atoms with Gasteiger partial charge in [0.2, 0.25) is 0 Å². The van der Waals surface area contributed by atoms with Gasteiger partial charge < -0.3 is 20.3 Å². The number of amides is 1.